The number of amides is 1. The van der Waals surface area contributed by atoms with Crippen LogP contribution in [0.15, 0.2) is 35.2 Å². The summed E-state index contributed by atoms with van der Waals surface area (Å²) in [5.41, 5.74) is 0.654. The summed E-state index contributed by atoms with van der Waals surface area (Å²) < 4.78 is 34.6. The second-order valence-corrected chi connectivity index (χ2v) is 8.37. The molecular weight excluding hydrogens is 378 g/mol. The fraction of sp³-hybridized carbons (Fsp3) is 0.294. The topological polar surface area (TPSA) is 98.8 Å². The lowest BCUT2D eigenvalue weighted by atomic mass is 10.3. The highest BCUT2D eigenvalue weighted by atomic mass is 32.2. The van der Waals surface area contributed by atoms with Crippen molar-refractivity contribution >= 4 is 38.1 Å². The van der Waals surface area contributed by atoms with E-state index in [9.17, 15) is 18.0 Å². The Bertz CT molecular complexity index is 900. The molecule has 1 amide bonds. The first-order valence-electron chi connectivity index (χ1n) is 7.71. The number of rotatable bonds is 7. The summed E-state index contributed by atoms with van der Waals surface area (Å²) in [5.74, 6) is -1.34. The molecule has 0 radical (unpaired) electrons. The van der Waals surface area contributed by atoms with Gasteiger partial charge in [-0.05, 0) is 49.7 Å². The molecule has 0 unspecified atom stereocenters. The van der Waals surface area contributed by atoms with Crippen molar-refractivity contribution in [2.75, 3.05) is 24.8 Å². The molecule has 2 aromatic rings. The van der Waals surface area contributed by atoms with E-state index in [1.54, 1.807) is 19.9 Å². The van der Waals surface area contributed by atoms with Crippen molar-refractivity contribution in [1.82, 2.24) is 0 Å². The number of anilines is 1. The molecular formula is C17H19NO6S2. The van der Waals surface area contributed by atoms with Crippen molar-refractivity contribution in [1.29, 1.82) is 0 Å². The molecule has 1 N–H and O–H groups in total. The Hall–Kier alpha value is -2.39. The number of nitrogens with one attached hydrogen (secondary N) is 1. The van der Waals surface area contributed by atoms with Gasteiger partial charge in [0.15, 0.2) is 9.84 Å². The maximum Gasteiger partial charge on any atom is 0.348 e. The molecule has 9 heteroatoms. The minimum atomic E-state index is -3.79. The zero-order valence-electron chi connectivity index (χ0n) is 14.6. The fourth-order valence-electron chi connectivity index (χ4n) is 2.16. The highest BCUT2D eigenvalue weighted by Crippen LogP contribution is 2.27. The third-order valence-electron chi connectivity index (χ3n) is 3.38. The summed E-state index contributed by atoms with van der Waals surface area (Å²) in [6.07, 6.45) is 0. The third kappa shape index (κ3) is 4.83. The van der Waals surface area contributed by atoms with E-state index in [0.29, 0.717) is 21.2 Å². The van der Waals surface area contributed by atoms with Gasteiger partial charge in [0.25, 0.3) is 0 Å². The van der Waals surface area contributed by atoms with Crippen LogP contribution < -0.4 is 10.1 Å². The molecule has 0 aliphatic heterocycles. The van der Waals surface area contributed by atoms with Gasteiger partial charge in [-0.1, -0.05) is 0 Å². The highest BCUT2D eigenvalue weighted by molar-refractivity contribution is 7.92. The maximum absolute atomic E-state index is 12.3. The Morgan fingerprint density at radius 3 is 2.42 bits per heavy atom. The number of ether oxygens (including phenoxy) is 2. The number of methoxy groups -OCH3 is 1. The summed E-state index contributed by atoms with van der Waals surface area (Å²) in [4.78, 5) is 24.3. The van der Waals surface area contributed by atoms with Crippen molar-refractivity contribution < 1.29 is 27.5 Å². The Kier molecular flexibility index (Phi) is 6.38. The van der Waals surface area contributed by atoms with Crippen molar-refractivity contribution in [2.45, 2.75) is 18.7 Å². The molecule has 0 aliphatic carbocycles. The van der Waals surface area contributed by atoms with Crippen molar-refractivity contribution in [3.05, 3.63) is 40.8 Å². The van der Waals surface area contributed by atoms with Crippen LogP contribution in [0.1, 0.15) is 22.2 Å². The Balaban J connectivity index is 2.08. The first-order chi connectivity index (χ1) is 12.3. The summed E-state index contributed by atoms with van der Waals surface area (Å²) >= 11 is 1.04. The third-order valence-corrected chi connectivity index (χ3v) is 6.15. The molecule has 140 valence electrons. The number of hydrogen-bond acceptors (Lipinski definition) is 7. The average Bonchev–Trinajstić information content (AvgIpc) is 2.94. The van der Waals surface area contributed by atoms with Crippen molar-refractivity contribution in [2.24, 2.45) is 0 Å². The first kappa shape index (κ1) is 19.9. The van der Waals surface area contributed by atoms with Gasteiger partial charge in [0, 0.05) is 0 Å². The van der Waals surface area contributed by atoms with Crippen LogP contribution >= 0.6 is 11.3 Å². The molecule has 7 nitrogen and oxygen atoms in total. The van der Waals surface area contributed by atoms with Crippen LogP contribution in [0.4, 0.5) is 5.00 Å². The normalized spacial score (nSPS) is 11.0. The van der Waals surface area contributed by atoms with Crippen LogP contribution in [-0.4, -0.2) is 39.8 Å². The fourth-order valence-corrected chi connectivity index (χ4v) is 4.27. The number of benzene rings is 1. The van der Waals surface area contributed by atoms with Gasteiger partial charge in [-0.2, -0.15) is 0 Å². The highest BCUT2D eigenvalue weighted by Gasteiger charge is 2.21. The van der Waals surface area contributed by atoms with E-state index in [1.807, 2.05) is 0 Å². The molecule has 0 saturated heterocycles. The molecule has 2 rings (SSSR count). The number of aryl methyl sites for hydroxylation is 1. The zero-order valence-corrected chi connectivity index (χ0v) is 16.2. The Morgan fingerprint density at radius 1 is 1.19 bits per heavy atom. The number of carbonyl (C=O) groups excluding carboxylic acids is 2. The van der Waals surface area contributed by atoms with E-state index in [-0.39, 0.29) is 11.5 Å². The lowest BCUT2D eigenvalue weighted by molar-refractivity contribution is -0.113. The van der Waals surface area contributed by atoms with Crippen molar-refractivity contribution in [3.8, 4) is 5.75 Å². The van der Waals surface area contributed by atoms with Gasteiger partial charge in [-0.25, -0.2) is 13.2 Å². The molecule has 0 aliphatic rings. The van der Waals surface area contributed by atoms with Gasteiger partial charge in [0.1, 0.15) is 16.4 Å². The van der Waals surface area contributed by atoms with E-state index in [2.05, 4.69) is 5.32 Å². The lowest BCUT2D eigenvalue weighted by Gasteiger charge is -2.06. The first-order valence-corrected chi connectivity index (χ1v) is 10.2. The number of carbonyl (C=O) groups is 2. The molecule has 1 aromatic heterocycles. The SMILES string of the molecule is CCOC(=O)c1sc(NC(=O)CS(=O)(=O)c2ccc(OC)cc2)cc1C. The van der Waals surface area contributed by atoms with E-state index in [4.69, 9.17) is 9.47 Å². The summed E-state index contributed by atoms with van der Waals surface area (Å²) in [6, 6.07) is 7.40. The summed E-state index contributed by atoms with van der Waals surface area (Å²) in [7, 11) is -2.31. The predicted molar refractivity (Wildman–Crippen MR) is 98.7 cm³/mol. The van der Waals surface area contributed by atoms with Crippen LogP contribution in [0, 0.1) is 6.92 Å². The van der Waals surface area contributed by atoms with Crippen LogP contribution in [0.5, 0.6) is 5.75 Å². The van der Waals surface area contributed by atoms with Gasteiger partial charge in [-0.3, -0.25) is 4.79 Å². The van der Waals surface area contributed by atoms with Gasteiger partial charge in [-0.15, -0.1) is 11.3 Å². The van der Waals surface area contributed by atoms with E-state index < -0.39 is 27.5 Å². The largest absolute Gasteiger partial charge is 0.497 e. The van der Waals surface area contributed by atoms with Gasteiger partial charge in [0.05, 0.1) is 23.6 Å². The second-order valence-electron chi connectivity index (χ2n) is 5.33. The van der Waals surface area contributed by atoms with E-state index >= 15 is 0 Å². The van der Waals surface area contributed by atoms with E-state index in [1.165, 1.54) is 31.4 Å². The minimum Gasteiger partial charge on any atom is -0.497 e. The molecule has 0 spiro atoms. The monoisotopic (exact) mass is 397 g/mol. The zero-order chi connectivity index (χ0) is 19.3. The Morgan fingerprint density at radius 2 is 1.85 bits per heavy atom. The maximum atomic E-state index is 12.3. The minimum absolute atomic E-state index is 0.0306. The smallest absolute Gasteiger partial charge is 0.348 e. The average molecular weight is 397 g/mol. The van der Waals surface area contributed by atoms with Gasteiger partial charge in [0.2, 0.25) is 5.91 Å². The molecule has 1 aromatic carbocycles. The number of thiophene rings is 1. The molecule has 0 fully saturated rings. The van der Waals surface area contributed by atoms with Gasteiger partial charge < -0.3 is 14.8 Å². The number of sulfone groups is 1. The van der Waals surface area contributed by atoms with E-state index in [0.717, 1.165) is 11.3 Å². The summed E-state index contributed by atoms with van der Waals surface area (Å²) in [6.45, 7) is 3.66. The standard InChI is InChI=1S/C17H19NO6S2/c1-4-24-17(20)16-11(2)9-15(25-16)18-14(19)10-26(21,22)13-7-5-12(23-3)6-8-13/h5-9H,4,10H2,1-3H3,(H,18,19). The number of hydrogen-bond donors (Lipinski definition) is 1. The molecule has 0 bridgehead atoms. The number of esters is 1. The van der Waals surface area contributed by atoms with Crippen LogP contribution in [0.25, 0.3) is 0 Å². The van der Waals surface area contributed by atoms with Crippen LogP contribution in [0.2, 0.25) is 0 Å². The van der Waals surface area contributed by atoms with Crippen molar-refractivity contribution in [3.63, 3.8) is 0 Å². The summed E-state index contributed by atoms with van der Waals surface area (Å²) in [5, 5.41) is 2.91. The second kappa shape index (κ2) is 8.33. The molecule has 0 saturated carbocycles. The lowest BCUT2D eigenvalue weighted by Crippen LogP contribution is -2.22. The quantitative estimate of drug-likeness (QED) is 0.721. The van der Waals surface area contributed by atoms with Crippen LogP contribution in [0.3, 0.4) is 0 Å². The van der Waals surface area contributed by atoms with Crippen LogP contribution in [-0.2, 0) is 19.4 Å². The van der Waals surface area contributed by atoms with Gasteiger partial charge >= 0.3 is 5.97 Å². The molecule has 0 atom stereocenters. The Labute approximate surface area is 155 Å². The molecule has 26 heavy (non-hydrogen) atoms. The predicted octanol–water partition coefficient (Wildman–Crippen LogP) is 2.65. The molecule has 1 heterocycles.